The molecule has 0 spiro atoms. The van der Waals surface area contributed by atoms with Crippen LogP contribution in [0.5, 0.6) is 0 Å². The Bertz CT molecular complexity index is 1310. The van der Waals surface area contributed by atoms with E-state index in [9.17, 15) is 17.6 Å². The van der Waals surface area contributed by atoms with Crippen molar-refractivity contribution in [3.05, 3.63) is 84.1 Å². The quantitative estimate of drug-likeness (QED) is 0.474. The Labute approximate surface area is 180 Å². The summed E-state index contributed by atoms with van der Waals surface area (Å²) in [5, 5.41) is 10.7. The highest BCUT2D eigenvalue weighted by Crippen LogP contribution is 2.26. The predicted octanol–water partition coefficient (Wildman–Crippen LogP) is 3.36. The van der Waals surface area contributed by atoms with Crippen LogP contribution in [-0.2, 0) is 15.6 Å². The number of hydrogen-bond donors (Lipinski definition) is 1. The van der Waals surface area contributed by atoms with Crippen molar-refractivity contribution in [1.29, 1.82) is 0 Å². The minimum atomic E-state index is -3.73. The van der Waals surface area contributed by atoms with E-state index >= 15 is 0 Å². The highest BCUT2D eigenvalue weighted by molar-refractivity contribution is 7.92. The van der Waals surface area contributed by atoms with Crippen LogP contribution in [0, 0.1) is 5.82 Å². The summed E-state index contributed by atoms with van der Waals surface area (Å²) in [5.41, 5.74) is 1.73. The number of sulfone groups is 1. The molecule has 31 heavy (non-hydrogen) atoms. The van der Waals surface area contributed by atoms with Crippen molar-refractivity contribution in [2.45, 2.75) is 10.1 Å². The molecule has 0 fully saturated rings. The van der Waals surface area contributed by atoms with Gasteiger partial charge in [-0.2, -0.15) is 0 Å². The Balaban J connectivity index is 1.45. The van der Waals surface area contributed by atoms with Crippen LogP contribution in [0.4, 0.5) is 10.1 Å². The first kappa shape index (κ1) is 20.7. The van der Waals surface area contributed by atoms with Crippen LogP contribution in [0.15, 0.2) is 71.5 Å². The second kappa shape index (κ2) is 8.66. The average molecular weight is 455 g/mol. The van der Waals surface area contributed by atoms with Crippen molar-refractivity contribution in [2.75, 3.05) is 5.32 Å². The summed E-state index contributed by atoms with van der Waals surface area (Å²) in [7, 11) is -3.73. The van der Waals surface area contributed by atoms with E-state index in [0.717, 1.165) is 11.3 Å². The van der Waals surface area contributed by atoms with Gasteiger partial charge in [-0.15, -0.1) is 10.2 Å². The van der Waals surface area contributed by atoms with E-state index in [1.54, 1.807) is 12.1 Å². The maximum atomic E-state index is 13.0. The SMILES string of the molecule is O=C(Nc1ccc(F)cc1)c1ccc(CS(=O)(=O)c2nnc(-c3cnccn3)s2)cc1. The largest absolute Gasteiger partial charge is 0.322 e. The van der Waals surface area contributed by atoms with Gasteiger partial charge in [0, 0.05) is 23.6 Å². The summed E-state index contributed by atoms with van der Waals surface area (Å²) in [4.78, 5) is 20.3. The highest BCUT2D eigenvalue weighted by Gasteiger charge is 2.22. The summed E-state index contributed by atoms with van der Waals surface area (Å²) in [5.74, 6) is -1.08. The lowest BCUT2D eigenvalue weighted by atomic mass is 10.1. The van der Waals surface area contributed by atoms with Crippen molar-refractivity contribution in [2.24, 2.45) is 0 Å². The average Bonchev–Trinajstić information content (AvgIpc) is 3.28. The molecule has 0 saturated heterocycles. The van der Waals surface area contributed by atoms with Crippen LogP contribution in [0.1, 0.15) is 15.9 Å². The van der Waals surface area contributed by atoms with E-state index < -0.39 is 21.6 Å². The number of carbonyl (C=O) groups excluding carboxylic acids is 1. The van der Waals surface area contributed by atoms with Gasteiger partial charge in [-0.3, -0.25) is 14.8 Å². The van der Waals surface area contributed by atoms with Gasteiger partial charge in [0.1, 0.15) is 11.5 Å². The van der Waals surface area contributed by atoms with Crippen LogP contribution in [0.25, 0.3) is 10.7 Å². The van der Waals surface area contributed by atoms with Crippen molar-refractivity contribution in [3.63, 3.8) is 0 Å². The van der Waals surface area contributed by atoms with E-state index in [1.165, 1.54) is 55.0 Å². The van der Waals surface area contributed by atoms with Gasteiger partial charge >= 0.3 is 0 Å². The fourth-order valence-corrected chi connectivity index (χ4v) is 5.00. The zero-order valence-corrected chi connectivity index (χ0v) is 17.4. The number of anilines is 1. The fraction of sp³-hybridized carbons (Fsp3) is 0.0500. The molecule has 2 heterocycles. The zero-order chi connectivity index (χ0) is 21.8. The molecule has 2 aromatic carbocycles. The van der Waals surface area contributed by atoms with E-state index in [-0.39, 0.29) is 10.1 Å². The van der Waals surface area contributed by atoms with E-state index in [0.29, 0.717) is 27.5 Å². The molecule has 0 bridgehead atoms. The smallest absolute Gasteiger partial charge is 0.255 e. The number of halogens is 1. The molecule has 1 N–H and O–H groups in total. The highest BCUT2D eigenvalue weighted by atomic mass is 32.2. The summed E-state index contributed by atoms with van der Waals surface area (Å²) < 4.78 is 38.2. The number of carbonyl (C=O) groups is 1. The van der Waals surface area contributed by atoms with Gasteiger partial charge in [0.25, 0.3) is 5.91 Å². The number of aromatic nitrogens is 4. The maximum absolute atomic E-state index is 13.0. The van der Waals surface area contributed by atoms with Crippen LogP contribution < -0.4 is 5.32 Å². The number of hydrogen-bond acceptors (Lipinski definition) is 8. The molecule has 8 nitrogen and oxygen atoms in total. The lowest BCUT2D eigenvalue weighted by Gasteiger charge is -2.06. The molecule has 4 aromatic rings. The minimum Gasteiger partial charge on any atom is -0.322 e. The molecule has 0 aliphatic rings. The van der Waals surface area contributed by atoms with E-state index in [1.807, 2.05) is 0 Å². The monoisotopic (exact) mass is 455 g/mol. The second-order valence-electron chi connectivity index (χ2n) is 6.38. The Morgan fingerprint density at radius 1 is 1.00 bits per heavy atom. The summed E-state index contributed by atoms with van der Waals surface area (Å²) >= 11 is 0.919. The molecule has 0 unspecified atom stereocenters. The maximum Gasteiger partial charge on any atom is 0.255 e. The van der Waals surface area contributed by atoms with Gasteiger partial charge < -0.3 is 5.32 Å². The number of nitrogens with one attached hydrogen (secondary N) is 1. The first-order valence-corrected chi connectivity index (χ1v) is 11.4. The van der Waals surface area contributed by atoms with Crippen molar-refractivity contribution in [3.8, 4) is 10.7 Å². The molecule has 4 rings (SSSR count). The molecular weight excluding hydrogens is 441 g/mol. The minimum absolute atomic E-state index is 0.119. The Hall–Kier alpha value is -3.57. The lowest BCUT2D eigenvalue weighted by molar-refractivity contribution is 0.102. The zero-order valence-electron chi connectivity index (χ0n) is 15.8. The van der Waals surface area contributed by atoms with Crippen molar-refractivity contribution < 1.29 is 17.6 Å². The van der Waals surface area contributed by atoms with Crippen LogP contribution in [0.3, 0.4) is 0 Å². The predicted molar refractivity (Wildman–Crippen MR) is 113 cm³/mol. The molecule has 1 amide bonds. The summed E-state index contributed by atoms with van der Waals surface area (Å²) in [6, 6.07) is 11.5. The number of amides is 1. The van der Waals surface area contributed by atoms with Gasteiger partial charge in [-0.1, -0.05) is 23.5 Å². The fourth-order valence-electron chi connectivity index (χ4n) is 2.62. The Morgan fingerprint density at radius 3 is 2.42 bits per heavy atom. The van der Waals surface area contributed by atoms with Gasteiger partial charge in [-0.05, 0) is 42.0 Å². The third-order valence-electron chi connectivity index (χ3n) is 4.13. The van der Waals surface area contributed by atoms with Crippen LogP contribution in [-0.4, -0.2) is 34.5 Å². The van der Waals surface area contributed by atoms with Crippen molar-refractivity contribution in [1.82, 2.24) is 20.2 Å². The first-order chi connectivity index (χ1) is 14.9. The molecule has 0 radical (unpaired) electrons. The molecule has 11 heteroatoms. The van der Waals surface area contributed by atoms with Gasteiger partial charge in [0.15, 0.2) is 5.01 Å². The van der Waals surface area contributed by atoms with Gasteiger partial charge in [0.05, 0.1) is 11.9 Å². The summed E-state index contributed by atoms with van der Waals surface area (Å²) in [6.45, 7) is 0. The molecular formula is C20H14FN5O3S2. The number of nitrogens with zero attached hydrogens (tertiary/aromatic N) is 4. The third kappa shape index (κ3) is 4.95. The van der Waals surface area contributed by atoms with E-state index in [4.69, 9.17) is 0 Å². The Kier molecular flexibility index (Phi) is 5.78. The molecule has 156 valence electrons. The number of benzene rings is 2. The first-order valence-electron chi connectivity index (χ1n) is 8.89. The molecule has 2 aromatic heterocycles. The second-order valence-corrected chi connectivity index (χ2v) is 9.52. The Morgan fingerprint density at radius 2 is 1.74 bits per heavy atom. The third-order valence-corrected chi connectivity index (χ3v) is 7.21. The number of rotatable bonds is 6. The van der Waals surface area contributed by atoms with Crippen LogP contribution in [0.2, 0.25) is 0 Å². The van der Waals surface area contributed by atoms with Crippen LogP contribution >= 0.6 is 11.3 Å². The van der Waals surface area contributed by atoms with Gasteiger partial charge in [-0.25, -0.2) is 12.8 Å². The molecule has 0 atom stereocenters. The van der Waals surface area contributed by atoms with Gasteiger partial charge in [0.2, 0.25) is 14.2 Å². The topological polar surface area (TPSA) is 115 Å². The summed E-state index contributed by atoms with van der Waals surface area (Å²) in [6.07, 6.45) is 4.47. The standard InChI is InChI=1S/C20H14FN5O3S2/c21-15-5-7-16(8-6-15)24-18(27)14-3-1-13(2-4-14)12-31(28,29)20-26-25-19(30-20)17-11-22-9-10-23-17/h1-11H,12H2,(H,24,27). The van der Waals surface area contributed by atoms with E-state index in [2.05, 4.69) is 25.5 Å². The lowest BCUT2D eigenvalue weighted by Crippen LogP contribution is -2.12. The van der Waals surface area contributed by atoms with Crippen molar-refractivity contribution >= 4 is 32.8 Å². The molecule has 0 saturated carbocycles. The molecule has 0 aliphatic carbocycles. The molecule has 0 aliphatic heterocycles. The normalized spacial score (nSPS) is 11.3.